The first-order valence-corrected chi connectivity index (χ1v) is 5.38. The number of fused-ring (bicyclic) bond motifs is 1. The van der Waals surface area contributed by atoms with Crippen molar-refractivity contribution in [2.24, 2.45) is 7.05 Å². The highest BCUT2D eigenvalue weighted by Crippen LogP contribution is 2.25. The van der Waals surface area contributed by atoms with E-state index in [-0.39, 0.29) is 22.3 Å². The van der Waals surface area contributed by atoms with Crippen LogP contribution in [0.15, 0.2) is 23.0 Å². The van der Waals surface area contributed by atoms with Crippen molar-refractivity contribution in [1.29, 1.82) is 0 Å². The van der Waals surface area contributed by atoms with Gasteiger partial charge in [-0.2, -0.15) is 0 Å². The Labute approximate surface area is 103 Å². The third-order valence-electron chi connectivity index (χ3n) is 3.02. The summed E-state index contributed by atoms with van der Waals surface area (Å²) in [7, 11) is 2.82. The third kappa shape index (κ3) is 1.64. The Hall–Kier alpha value is -2.30. The summed E-state index contributed by atoms with van der Waals surface area (Å²) in [6.45, 7) is 1.80. The summed E-state index contributed by atoms with van der Waals surface area (Å²) in [5.74, 6) is -0.977. The van der Waals surface area contributed by atoms with Crippen LogP contribution in [0.3, 0.4) is 0 Å². The molecule has 0 unspecified atom stereocenters. The van der Waals surface area contributed by atoms with Crippen molar-refractivity contribution < 1.29 is 14.6 Å². The maximum absolute atomic E-state index is 12.2. The van der Waals surface area contributed by atoms with E-state index in [2.05, 4.69) is 4.74 Å². The van der Waals surface area contributed by atoms with Crippen LogP contribution in [0.2, 0.25) is 0 Å². The zero-order valence-corrected chi connectivity index (χ0v) is 10.4. The number of methoxy groups -OCH3 is 1. The molecular formula is C13H13NO4. The molecule has 0 radical (unpaired) electrons. The van der Waals surface area contributed by atoms with E-state index in [0.29, 0.717) is 5.39 Å². The summed E-state index contributed by atoms with van der Waals surface area (Å²) in [4.78, 5) is 23.9. The topological polar surface area (TPSA) is 68.5 Å². The number of esters is 1. The number of pyridine rings is 1. The standard InChI is InChI=1S/C13H13NO4/c1-7-6-8-4-5-9(15)11(13(17)18-3)10(8)12(16)14(7)2/h4-6,15H,1-3H3. The monoisotopic (exact) mass is 247 g/mol. The van der Waals surface area contributed by atoms with Crippen LogP contribution in [0.25, 0.3) is 10.8 Å². The molecule has 1 aromatic heterocycles. The molecule has 1 N–H and O–H groups in total. The first-order chi connectivity index (χ1) is 8.47. The van der Waals surface area contributed by atoms with Gasteiger partial charge in [-0.1, -0.05) is 6.07 Å². The van der Waals surface area contributed by atoms with E-state index in [1.165, 1.54) is 17.7 Å². The van der Waals surface area contributed by atoms with E-state index in [1.807, 2.05) is 0 Å². The van der Waals surface area contributed by atoms with E-state index < -0.39 is 5.97 Å². The molecule has 18 heavy (non-hydrogen) atoms. The van der Waals surface area contributed by atoms with E-state index in [9.17, 15) is 14.7 Å². The van der Waals surface area contributed by atoms with E-state index in [4.69, 9.17) is 0 Å². The van der Waals surface area contributed by atoms with Gasteiger partial charge in [0, 0.05) is 12.7 Å². The summed E-state index contributed by atoms with van der Waals surface area (Å²) in [5, 5.41) is 10.5. The Balaban J connectivity index is 3.01. The van der Waals surface area contributed by atoms with Crippen LogP contribution < -0.4 is 5.56 Å². The Kier molecular flexibility index (Phi) is 2.82. The minimum absolute atomic E-state index is 0.0874. The van der Waals surface area contributed by atoms with Crippen LogP contribution in [-0.2, 0) is 11.8 Å². The molecule has 5 nitrogen and oxygen atoms in total. The van der Waals surface area contributed by atoms with E-state index >= 15 is 0 Å². The second kappa shape index (κ2) is 4.18. The minimum atomic E-state index is -0.723. The number of benzene rings is 1. The fourth-order valence-electron chi connectivity index (χ4n) is 1.92. The van der Waals surface area contributed by atoms with Crippen molar-refractivity contribution in [3.8, 4) is 5.75 Å². The average Bonchev–Trinajstić information content (AvgIpc) is 2.36. The number of ether oxygens (including phenoxy) is 1. The lowest BCUT2D eigenvalue weighted by Gasteiger charge is -2.10. The second-order valence-electron chi connectivity index (χ2n) is 4.07. The van der Waals surface area contributed by atoms with Crippen molar-refractivity contribution in [2.45, 2.75) is 6.92 Å². The summed E-state index contributed by atoms with van der Waals surface area (Å²) in [6, 6.07) is 4.77. The molecular weight excluding hydrogens is 234 g/mol. The number of carbonyl (C=O) groups is 1. The third-order valence-corrected chi connectivity index (χ3v) is 3.02. The minimum Gasteiger partial charge on any atom is -0.507 e. The number of aromatic nitrogens is 1. The molecule has 0 fully saturated rings. The van der Waals surface area contributed by atoms with Gasteiger partial charge < -0.3 is 14.4 Å². The maximum atomic E-state index is 12.2. The first kappa shape index (κ1) is 12.2. The zero-order chi connectivity index (χ0) is 13.4. The van der Waals surface area contributed by atoms with Crippen molar-refractivity contribution in [1.82, 2.24) is 4.57 Å². The average molecular weight is 247 g/mol. The number of hydrogen-bond donors (Lipinski definition) is 1. The summed E-state index contributed by atoms with van der Waals surface area (Å²) < 4.78 is 6.03. The molecule has 0 aliphatic carbocycles. The van der Waals surface area contributed by atoms with Gasteiger partial charge in [0.1, 0.15) is 11.3 Å². The van der Waals surface area contributed by atoms with E-state index in [1.54, 1.807) is 26.1 Å². The number of aromatic hydroxyl groups is 1. The number of phenolic OH excluding ortho intramolecular Hbond substituents is 1. The summed E-state index contributed by atoms with van der Waals surface area (Å²) in [5.41, 5.74) is 0.353. The fraction of sp³-hybridized carbons (Fsp3) is 0.231. The highest BCUT2D eigenvalue weighted by Gasteiger charge is 2.19. The fourth-order valence-corrected chi connectivity index (χ4v) is 1.92. The van der Waals surface area contributed by atoms with Crippen molar-refractivity contribution >= 4 is 16.7 Å². The molecule has 0 saturated heterocycles. The second-order valence-corrected chi connectivity index (χ2v) is 4.07. The maximum Gasteiger partial charge on any atom is 0.342 e. The normalized spacial score (nSPS) is 10.6. The molecule has 94 valence electrons. The van der Waals surface area contributed by atoms with Crippen LogP contribution in [-0.4, -0.2) is 22.8 Å². The molecule has 0 aliphatic heterocycles. The van der Waals surface area contributed by atoms with Gasteiger partial charge >= 0.3 is 5.97 Å². The van der Waals surface area contributed by atoms with Gasteiger partial charge in [-0.15, -0.1) is 0 Å². The molecule has 0 amide bonds. The van der Waals surface area contributed by atoms with Gasteiger partial charge in [-0.05, 0) is 24.4 Å². The predicted molar refractivity (Wildman–Crippen MR) is 66.9 cm³/mol. The van der Waals surface area contributed by atoms with Crippen LogP contribution in [0, 0.1) is 6.92 Å². The largest absolute Gasteiger partial charge is 0.507 e. The van der Waals surface area contributed by atoms with Gasteiger partial charge in [0.2, 0.25) is 0 Å². The van der Waals surface area contributed by atoms with Gasteiger partial charge in [0.05, 0.1) is 12.5 Å². The molecule has 0 atom stereocenters. The zero-order valence-electron chi connectivity index (χ0n) is 10.4. The molecule has 1 aromatic carbocycles. The predicted octanol–water partition coefficient (Wildman–Crippen LogP) is 1.34. The number of hydrogen-bond acceptors (Lipinski definition) is 4. The van der Waals surface area contributed by atoms with Crippen LogP contribution in [0.4, 0.5) is 0 Å². The molecule has 0 saturated carbocycles. The molecule has 2 aromatic rings. The highest BCUT2D eigenvalue weighted by molar-refractivity contribution is 6.06. The van der Waals surface area contributed by atoms with Gasteiger partial charge in [0.15, 0.2) is 0 Å². The smallest absolute Gasteiger partial charge is 0.342 e. The lowest BCUT2D eigenvalue weighted by atomic mass is 10.0. The van der Waals surface area contributed by atoms with Gasteiger partial charge in [0.25, 0.3) is 5.56 Å². The summed E-state index contributed by atoms with van der Waals surface area (Å²) in [6.07, 6.45) is 0. The van der Waals surface area contributed by atoms with Crippen LogP contribution in [0.1, 0.15) is 16.1 Å². The van der Waals surface area contributed by atoms with Gasteiger partial charge in [-0.25, -0.2) is 4.79 Å². The number of aryl methyl sites for hydroxylation is 1. The lowest BCUT2D eigenvalue weighted by Crippen LogP contribution is -2.21. The molecule has 0 aliphatic rings. The number of nitrogens with zero attached hydrogens (tertiary/aromatic N) is 1. The quantitative estimate of drug-likeness (QED) is 0.772. The van der Waals surface area contributed by atoms with Crippen molar-refractivity contribution in [3.05, 3.63) is 39.8 Å². The first-order valence-electron chi connectivity index (χ1n) is 5.38. The number of carbonyl (C=O) groups excluding carboxylic acids is 1. The van der Waals surface area contributed by atoms with E-state index in [0.717, 1.165) is 5.69 Å². The Bertz CT molecular complexity index is 700. The molecule has 2 rings (SSSR count). The molecule has 0 bridgehead atoms. The number of rotatable bonds is 1. The number of phenols is 1. The Morgan fingerprint density at radius 1 is 1.39 bits per heavy atom. The van der Waals surface area contributed by atoms with Gasteiger partial charge in [-0.3, -0.25) is 4.79 Å². The lowest BCUT2D eigenvalue weighted by molar-refractivity contribution is 0.0599. The van der Waals surface area contributed by atoms with Crippen LogP contribution in [0.5, 0.6) is 5.75 Å². The van der Waals surface area contributed by atoms with Crippen molar-refractivity contribution in [3.63, 3.8) is 0 Å². The Morgan fingerprint density at radius 3 is 2.67 bits per heavy atom. The molecule has 1 heterocycles. The Morgan fingerprint density at radius 2 is 2.06 bits per heavy atom. The molecule has 5 heteroatoms. The SMILES string of the molecule is COC(=O)c1c(O)ccc2cc(C)n(C)c(=O)c12. The van der Waals surface area contributed by atoms with Crippen molar-refractivity contribution in [2.75, 3.05) is 7.11 Å². The molecule has 0 spiro atoms. The highest BCUT2D eigenvalue weighted by atomic mass is 16.5. The summed E-state index contributed by atoms with van der Waals surface area (Å²) >= 11 is 0. The van der Waals surface area contributed by atoms with Crippen LogP contribution >= 0.6 is 0 Å².